The summed E-state index contributed by atoms with van der Waals surface area (Å²) in [5.74, 6) is -3.23. The first-order valence-electron chi connectivity index (χ1n) is 13.2. The molecule has 0 radical (unpaired) electrons. The Morgan fingerprint density at radius 3 is 1.50 bits per heavy atom. The first-order chi connectivity index (χ1) is 18.8. The third kappa shape index (κ3) is 10.2. The molecule has 0 aliphatic heterocycles. The van der Waals surface area contributed by atoms with Crippen molar-refractivity contribution >= 4 is 23.7 Å². The van der Waals surface area contributed by atoms with E-state index < -0.39 is 47.9 Å². The predicted molar refractivity (Wildman–Crippen MR) is 149 cm³/mol. The molecule has 0 fully saturated rings. The number of nitrogens with one attached hydrogen (secondary N) is 3. The molecule has 0 aliphatic carbocycles. The van der Waals surface area contributed by atoms with Crippen LogP contribution in [0.3, 0.4) is 0 Å². The van der Waals surface area contributed by atoms with Crippen LogP contribution in [-0.2, 0) is 32.0 Å². The van der Waals surface area contributed by atoms with Gasteiger partial charge in [-0.3, -0.25) is 14.4 Å². The van der Waals surface area contributed by atoms with E-state index in [0.29, 0.717) is 11.1 Å². The second kappa shape index (κ2) is 14.9. The number of hydrogen-bond acceptors (Lipinski definition) is 7. The highest BCUT2D eigenvalue weighted by molar-refractivity contribution is 5.94. The van der Waals surface area contributed by atoms with E-state index in [1.165, 1.54) is 24.3 Å². The molecule has 0 heterocycles. The van der Waals surface area contributed by atoms with Crippen molar-refractivity contribution in [3.05, 3.63) is 59.7 Å². The number of aliphatic carboxylic acids is 1. The number of benzene rings is 2. The van der Waals surface area contributed by atoms with Gasteiger partial charge in [0, 0.05) is 12.8 Å². The average molecular weight is 557 g/mol. The SMILES string of the molecule is CC(C)C[C@H](NC(=O)[C@H](Cc1ccc(O)cc1)NC(=O)[C@@H](N)C(C)C)C(=O)N[C@@H](Cc1ccc(O)cc1)C(=O)O. The number of hydrogen-bond donors (Lipinski definition) is 7. The largest absolute Gasteiger partial charge is 0.508 e. The van der Waals surface area contributed by atoms with E-state index >= 15 is 0 Å². The predicted octanol–water partition coefficient (Wildman–Crippen LogP) is 1.45. The molecule has 2 aromatic rings. The summed E-state index contributed by atoms with van der Waals surface area (Å²) in [6, 6.07) is 7.81. The lowest BCUT2D eigenvalue weighted by atomic mass is 9.99. The number of carbonyl (C=O) groups excluding carboxylic acids is 3. The minimum absolute atomic E-state index is 0.0303. The fourth-order valence-corrected chi connectivity index (χ4v) is 3.96. The van der Waals surface area contributed by atoms with Gasteiger partial charge in [-0.1, -0.05) is 52.0 Å². The van der Waals surface area contributed by atoms with Gasteiger partial charge in [-0.2, -0.15) is 0 Å². The summed E-state index contributed by atoms with van der Waals surface area (Å²) in [6.45, 7) is 7.27. The van der Waals surface area contributed by atoms with Gasteiger partial charge in [0.1, 0.15) is 29.6 Å². The quantitative estimate of drug-likeness (QED) is 0.182. The average Bonchev–Trinajstić information content (AvgIpc) is 2.88. The maximum Gasteiger partial charge on any atom is 0.326 e. The fourth-order valence-electron chi connectivity index (χ4n) is 3.96. The molecule has 0 saturated carbocycles. The zero-order valence-electron chi connectivity index (χ0n) is 23.3. The molecule has 2 rings (SSSR count). The monoisotopic (exact) mass is 556 g/mol. The molecule has 0 aromatic heterocycles. The second-order valence-corrected chi connectivity index (χ2v) is 10.7. The van der Waals surface area contributed by atoms with Crippen LogP contribution in [0.5, 0.6) is 11.5 Å². The molecule has 218 valence electrons. The summed E-state index contributed by atoms with van der Waals surface area (Å²) in [4.78, 5) is 51.4. The highest BCUT2D eigenvalue weighted by Gasteiger charge is 2.31. The van der Waals surface area contributed by atoms with Crippen LogP contribution in [0.1, 0.15) is 45.2 Å². The number of carboxylic acids is 1. The van der Waals surface area contributed by atoms with Crippen LogP contribution in [0.2, 0.25) is 0 Å². The topological polar surface area (TPSA) is 191 Å². The van der Waals surface area contributed by atoms with E-state index in [2.05, 4.69) is 16.0 Å². The van der Waals surface area contributed by atoms with Crippen LogP contribution in [-0.4, -0.2) is 63.2 Å². The zero-order valence-corrected chi connectivity index (χ0v) is 23.3. The Labute approximate surface area is 234 Å². The summed E-state index contributed by atoms with van der Waals surface area (Å²) >= 11 is 0. The van der Waals surface area contributed by atoms with Crippen molar-refractivity contribution in [1.82, 2.24) is 16.0 Å². The normalized spacial score (nSPS) is 14.2. The first kappa shape index (κ1) is 32.1. The van der Waals surface area contributed by atoms with Gasteiger partial charge < -0.3 is 37.0 Å². The lowest BCUT2D eigenvalue weighted by Gasteiger charge is -2.26. The van der Waals surface area contributed by atoms with Crippen molar-refractivity contribution in [1.29, 1.82) is 0 Å². The summed E-state index contributed by atoms with van der Waals surface area (Å²) in [5.41, 5.74) is 7.23. The van der Waals surface area contributed by atoms with Gasteiger partial charge >= 0.3 is 5.97 Å². The highest BCUT2D eigenvalue weighted by Crippen LogP contribution is 2.14. The maximum atomic E-state index is 13.4. The van der Waals surface area contributed by atoms with Gasteiger partial charge in [0.15, 0.2) is 0 Å². The van der Waals surface area contributed by atoms with Crippen LogP contribution in [0.4, 0.5) is 0 Å². The number of carboxylic acid groups (broad SMARTS) is 1. The number of phenols is 2. The molecule has 11 heteroatoms. The van der Waals surface area contributed by atoms with Crippen molar-refractivity contribution in [2.75, 3.05) is 0 Å². The van der Waals surface area contributed by atoms with Crippen molar-refractivity contribution in [2.24, 2.45) is 17.6 Å². The Kier molecular flexibility index (Phi) is 11.9. The number of nitrogens with two attached hydrogens (primary N) is 1. The molecule has 0 unspecified atom stereocenters. The van der Waals surface area contributed by atoms with E-state index in [1.807, 2.05) is 13.8 Å². The molecule has 4 atom stereocenters. The van der Waals surface area contributed by atoms with Gasteiger partial charge in [-0.05, 0) is 53.6 Å². The molecule has 0 bridgehead atoms. The van der Waals surface area contributed by atoms with E-state index in [9.17, 15) is 34.5 Å². The van der Waals surface area contributed by atoms with E-state index in [1.54, 1.807) is 38.1 Å². The van der Waals surface area contributed by atoms with Crippen LogP contribution in [0.25, 0.3) is 0 Å². The van der Waals surface area contributed by atoms with Crippen molar-refractivity contribution in [2.45, 2.75) is 71.1 Å². The molecule has 11 nitrogen and oxygen atoms in total. The minimum Gasteiger partial charge on any atom is -0.508 e. The van der Waals surface area contributed by atoms with Crippen LogP contribution in [0.15, 0.2) is 48.5 Å². The minimum atomic E-state index is -1.28. The maximum absolute atomic E-state index is 13.4. The van der Waals surface area contributed by atoms with Gasteiger partial charge in [0.05, 0.1) is 6.04 Å². The van der Waals surface area contributed by atoms with E-state index in [4.69, 9.17) is 5.73 Å². The number of amides is 3. The smallest absolute Gasteiger partial charge is 0.326 e. The van der Waals surface area contributed by atoms with Crippen molar-refractivity contribution in [3.8, 4) is 11.5 Å². The molecule has 8 N–H and O–H groups in total. The molecule has 2 aromatic carbocycles. The summed E-state index contributed by atoms with van der Waals surface area (Å²) in [5, 5.41) is 36.7. The Morgan fingerprint density at radius 1 is 0.675 bits per heavy atom. The Hall–Kier alpha value is -4.12. The Bertz CT molecular complexity index is 1150. The third-order valence-electron chi connectivity index (χ3n) is 6.36. The van der Waals surface area contributed by atoms with Gasteiger partial charge in [-0.25, -0.2) is 4.79 Å². The summed E-state index contributed by atoms with van der Waals surface area (Å²) in [6.07, 6.45) is 0.252. The van der Waals surface area contributed by atoms with E-state index in [-0.39, 0.29) is 42.6 Å². The zero-order chi connectivity index (χ0) is 30.0. The van der Waals surface area contributed by atoms with Crippen LogP contribution < -0.4 is 21.7 Å². The van der Waals surface area contributed by atoms with Crippen LogP contribution in [0, 0.1) is 11.8 Å². The molecule has 0 saturated heterocycles. The summed E-state index contributed by atoms with van der Waals surface area (Å²) < 4.78 is 0. The number of carbonyl (C=O) groups is 4. The van der Waals surface area contributed by atoms with Gasteiger partial charge in [-0.15, -0.1) is 0 Å². The Morgan fingerprint density at radius 2 is 1.07 bits per heavy atom. The molecule has 0 aliphatic rings. The van der Waals surface area contributed by atoms with Crippen LogP contribution >= 0.6 is 0 Å². The second-order valence-electron chi connectivity index (χ2n) is 10.7. The van der Waals surface area contributed by atoms with Gasteiger partial charge in [0.2, 0.25) is 17.7 Å². The fraction of sp³-hybridized carbons (Fsp3) is 0.448. The molecule has 40 heavy (non-hydrogen) atoms. The van der Waals surface area contributed by atoms with Crippen molar-refractivity contribution < 1.29 is 34.5 Å². The Balaban J connectivity index is 2.24. The highest BCUT2D eigenvalue weighted by atomic mass is 16.4. The molecular formula is C29H40N4O7. The number of rotatable bonds is 14. The molecular weight excluding hydrogens is 516 g/mol. The summed E-state index contributed by atoms with van der Waals surface area (Å²) in [7, 11) is 0. The lowest BCUT2D eigenvalue weighted by Crippen LogP contribution is -2.58. The first-order valence-corrected chi connectivity index (χ1v) is 13.2. The van der Waals surface area contributed by atoms with Crippen molar-refractivity contribution in [3.63, 3.8) is 0 Å². The third-order valence-corrected chi connectivity index (χ3v) is 6.36. The molecule has 3 amide bonds. The number of phenolic OH excluding ortho intramolecular Hbond substituents is 2. The molecule has 0 spiro atoms. The number of aromatic hydroxyl groups is 2. The standard InChI is InChI=1S/C29H40N4O7/c1-16(2)13-22(26(36)33-24(29(39)40)15-19-7-11-21(35)12-8-19)31-27(37)23(32-28(38)25(30)17(3)4)14-18-5-9-20(34)10-6-18/h5-12,16-17,22-25,34-35H,13-15,30H2,1-4H3,(H,31,37)(H,32,38)(H,33,36)(H,39,40)/t22-,23-,24-,25-/m0/s1. The van der Waals surface area contributed by atoms with E-state index in [0.717, 1.165) is 0 Å². The lowest BCUT2D eigenvalue weighted by molar-refractivity contribution is -0.142. The van der Waals surface area contributed by atoms with Gasteiger partial charge in [0.25, 0.3) is 0 Å².